The van der Waals surface area contributed by atoms with Crippen molar-refractivity contribution in [2.75, 3.05) is 32.7 Å². The van der Waals surface area contributed by atoms with Crippen LogP contribution in [0, 0.1) is 0 Å². The van der Waals surface area contributed by atoms with Crippen molar-refractivity contribution in [3.8, 4) is 0 Å². The lowest BCUT2D eigenvalue weighted by Crippen LogP contribution is -2.36. The van der Waals surface area contributed by atoms with Gasteiger partial charge in [0.2, 0.25) is 0 Å². The van der Waals surface area contributed by atoms with E-state index in [4.69, 9.17) is 0 Å². The van der Waals surface area contributed by atoms with Gasteiger partial charge in [-0.3, -0.25) is 0 Å². The number of halogens is 3. The summed E-state index contributed by atoms with van der Waals surface area (Å²) in [6, 6.07) is 0. The van der Waals surface area contributed by atoms with Crippen LogP contribution in [0.1, 0.15) is 32.1 Å². The molecule has 1 fully saturated rings. The minimum absolute atomic E-state index is 0.184. The van der Waals surface area contributed by atoms with Gasteiger partial charge in [-0.15, -0.1) is 0 Å². The topological polar surface area (TPSA) is 15.3 Å². The average molecular weight is 238 g/mol. The fourth-order valence-corrected chi connectivity index (χ4v) is 1.96. The fraction of sp³-hybridized carbons (Fsp3) is 1.00. The lowest BCUT2D eigenvalue weighted by Gasteiger charge is -2.26. The third-order valence-corrected chi connectivity index (χ3v) is 2.87. The second kappa shape index (κ2) is 7.12. The van der Waals surface area contributed by atoms with Crippen LogP contribution in [-0.4, -0.2) is 43.8 Å². The zero-order chi connectivity index (χ0) is 11.9. The number of piperidine rings is 1. The predicted octanol–water partition coefficient (Wildman–Crippen LogP) is 2.40. The van der Waals surface area contributed by atoms with Gasteiger partial charge in [-0.25, -0.2) is 0 Å². The second-order valence-corrected chi connectivity index (χ2v) is 4.37. The Kier molecular flexibility index (Phi) is 6.13. The minimum atomic E-state index is -4.01. The molecule has 0 atom stereocenters. The fourth-order valence-electron chi connectivity index (χ4n) is 1.96. The van der Waals surface area contributed by atoms with Crippen molar-refractivity contribution in [1.29, 1.82) is 0 Å². The predicted molar refractivity (Wildman–Crippen MR) is 58.4 cm³/mol. The maximum Gasteiger partial charge on any atom is 0.389 e. The summed E-state index contributed by atoms with van der Waals surface area (Å²) in [6.45, 7) is 4.52. The smallest absolute Gasteiger partial charge is 0.315 e. The van der Waals surface area contributed by atoms with Crippen LogP contribution in [0.2, 0.25) is 0 Å². The van der Waals surface area contributed by atoms with Gasteiger partial charge in [0, 0.05) is 19.5 Å². The average Bonchev–Trinajstić information content (AvgIpc) is 2.23. The molecule has 1 saturated heterocycles. The van der Waals surface area contributed by atoms with E-state index in [1.54, 1.807) is 0 Å². The molecular weight excluding hydrogens is 217 g/mol. The van der Waals surface area contributed by atoms with Crippen LogP contribution in [-0.2, 0) is 0 Å². The van der Waals surface area contributed by atoms with Crippen LogP contribution in [0.15, 0.2) is 0 Å². The molecule has 0 aliphatic carbocycles. The Morgan fingerprint density at radius 3 is 2.31 bits per heavy atom. The first-order valence-electron chi connectivity index (χ1n) is 6.08. The van der Waals surface area contributed by atoms with Crippen molar-refractivity contribution in [1.82, 2.24) is 10.2 Å². The van der Waals surface area contributed by atoms with Gasteiger partial charge in [0.25, 0.3) is 0 Å². The van der Waals surface area contributed by atoms with Crippen molar-refractivity contribution in [2.24, 2.45) is 0 Å². The van der Waals surface area contributed by atoms with E-state index in [0.717, 1.165) is 26.2 Å². The van der Waals surface area contributed by atoms with Crippen LogP contribution >= 0.6 is 0 Å². The molecule has 1 aliphatic rings. The number of nitrogens with one attached hydrogen (secondary N) is 1. The van der Waals surface area contributed by atoms with Crippen LogP contribution in [0.5, 0.6) is 0 Å². The first-order chi connectivity index (χ1) is 7.58. The van der Waals surface area contributed by atoms with Gasteiger partial charge in [-0.2, -0.15) is 13.2 Å². The number of nitrogens with zero attached hydrogens (tertiary/aromatic N) is 1. The highest BCUT2D eigenvalue weighted by molar-refractivity contribution is 4.65. The monoisotopic (exact) mass is 238 g/mol. The molecule has 0 spiro atoms. The standard InChI is InChI=1S/C11H21F3N2/c12-11(13,14)5-4-6-15-7-10-16-8-2-1-3-9-16/h15H,1-10H2. The van der Waals surface area contributed by atoms with Gasteiger partial charge in [0.05, 0.1) is 0 Å². The summed E-state index contributed by atoms with van der Waals surface area (Å²) >= 11 is 0. The third kappa shape index (κ3) is 7.06. The Morgan fingerprint density at radius 2 is 1.69 bits per heavy atom. The molecule has 0 unspecified atom stereocenters. The van der Waals surface area contributed by atoms with E-state index >= 15 is 0 Å². The van der Waals surface area contributed by atoms with E-state index in [-0.39, 0.29) is 6.42 Å². The zero-order valence-corrected chi connectivity index (χ0v) is 9.65. The van der Waals surface area contributed by atoms with E-state index in [0.29, 0.717) is 6.54 Å². The van der Waals surface area contributed by atoms with Gasteiger partial charge in [-0.1, -0.05) is 6.42 Å². The lowest BCUT2D eigenvalue weighted by atomic mass is 10.1. The molecule has 96 valence electrons. The maximum atomic E-state index is 11.8. The van der Waals surface area contributed by atoms with E-state index in [1.807, 2.05) is 0 Å². The number of rotatable bonds is 6. The van der Waals surface area contributed by atoms with Crippen LogP contribution in [0.25, 0.3) is 0 Å². The molecule has 0 amide bonds. The van der Waals surface area contributed by atoms with E-state index in [2.05, 4.69) is 10.2 Å². The van der Waals surface area contributed by atoms with E-state index in [9.17, 15) is 13.2 Å². The molecule has 16 heavy (non-hydrogen) atoms. The quantitative estimate of drug-likeness (QED) is 0.715. The molecule has 2 nitrogen and oxygen atoms in total. The van der Waals surface area contributed by atoms with Crippen LogP contribution in [0.3, 0.4) is 0 Å². The molecule has 0 radical (unpaired) electrons. The van der Waals surface area contributed by atoms with Crippen molar-refractivity contribution >= 4 is 0 Å². The summed E-state index contributed by atoms with van der Waals surface area (Å²) in [5.74, 6) is 0. The van der Waals surface area contributed by atoms with Crippen LogP contribution < -0.4 is 5.32 Å². The normalized spacial score (nSPS) is 18.9. The van der Waals surface area contributed by atoms with Crippen molar-refractivity contribution in [2.45, 2.75) is 38.3 Å². The summed E-state index contributed by atoms with van der Waals surface area (Å²) in [7, 11) is 0. The van der Waals surface area contributed by atoms with E-state index in [1.165, 1.54) is 19.3 Å². The molecule has 0 aromatic carbocycles. The molecule has 0 aromatic rings. The summed E-state index contributed by atoms with van der Waals surface area (Å²) in [6.07, 6.45) is -0.667. The maximum absolute atomic E-state index is 11.8. The van der Waals surface area contributed by atoms with Crippen molar-refractivity contribution < 1.29 is 13.2 Å². The Labute approximate surface area is 95.2 Å². The SMILES string of the molecule is FC(F)(F)CCCNCCN1CCCCC1. The van der Waals surface area contributed by atoms with Crippen molar-refractivity contribution in [3.63, 3.8) is 0 Å². The Balaban J connectivity index is 1.87. The second-order valence-electron chi connectivity index (χ2n) is 4.37. The van der Waals surface area contributed by atoms with Gasteiger partial charge in [-0.05, 0) is 38.9 Å². The summed E-state index contributed by atoms with van der Waals surface area (Å²) in [5, 5.41) is 3.06. The molecule has 1 rings (SSSR count). The van der Waals surface area contributed by atoms with E-state index < -0.39 is 12.6 Å². The lowest BCUT2D eigenvalue weighted by molar-refractivity contribution is -0.135. The van der Waals surface area contributed by atoms with Gasteiger partial charge >= 0.3 is 6.18 Å². The first kappa shape index (κ1) is 13.8. The molecule has 1 aliphatic heterocycles. The molecule has 0 aromatic heterocycles. The Morgan fingerprint density at radius 1 is 1.00 bits per heavy atom. The Hall–Kier alpha value is -0.290. The molecular formula is C11H21F3N2. The molecule has 0 saturated carbocycles. The number of likely N-dealkylation sites (tertiary alicyclic amines) is 1. The zero-order valence-electron chi connectivity index (χ0n) is 9.65. The summed E-state index contributed by atoms with van der Waals surface area (Å²) in [5.41, 5.74) is 0. The Bertz CT molecular complexity index is 177. The third-order valence-electron chi connectivity index (χ3n) is 2.87. The minimum Gasteiger partial charge on any atom is -0.315 e. The van der Waals surface area contributed by atoms with Gasteiger partial charge in [0.1, 0.15) is 0 Å². The summed E-state index contributed by atoms with van der Waals surface area (Å²) < 4.78 is 35.5. The highest BCUT2D eigenvalue weighted by Gasteiger charge is 2.25. The highest BCUT2D eigenvalue weighted by Crippen LogP contribution is 2.20. The largest absolute Gasteiger partial charge is 0.389 e. The van der Waals surface area contributed by atoms with Crippen molar-refractivity contribution in [3.05, 3.63) is 0 Å². The van der Waals surface area contributed by atoms with Gasteiger partial charge in [0.15, 0.2) is 0 Å². The summed E-state index contributed by atoms with van der Waals surface area (Å²) in [4.78, 5) is 2.38. The highest BCUT2D eigenvalue weighted by atomic mass is 19.4. The first-order valence-corrected chi connectivity index (χ1v) is 6.08. The molecule has 5 heteroatoms. The molecule has 0 bridgehead atoms. The van der Waals surface area contributed by atoms with Crippen LogP contribution in [0.4, 0.5) is 13.2 Å². The molecule has 1 heterocycles. The van der Waals surface area contributed by atoms with Gasteiger partial charge < -0.3 is 10.2 Å². The molecule has 1 N–H and O–H groups in total. The number of alkyl halides is 3. The number of hydrogen-bond acceptors (Lipinski definition) is 2. The number of hydrogen-bond donors (Lipinski definition) is 1.